The lowest BCUT2D eigenvalue weighted by Crippen LogP contribution is -2.36. The van der Waals surface area contributed by atoms with Crippen LogP contribution in [0.4, 0.5) is 4.79 Å². The molecule has 1 aliphatic carbocycles. The zero-order valence-corrected chi connectivity index (χ0v) is 9.01. The molecule has 1 unspecified atom stereocenters. The second kappa shape index (κ2) is 5.86. The fourth-order valence-corrected chi connectivity index (χ4v) is 1.41. The number of carbonyl (C=O) groups excluding carboxylic acids is 1. The highest BCUT2D eigenvalue weighted by atomic mass is 16.5. The molecule has 4 heteroatoms. The predicted molar refractivity (Wildman–Crippen MR) is 55.2 cm³/mol. The molecule has 1 aliphatic rings. The van der Waals surface area contributed by atoms with Gasteiger partial charge in [0.1, 0.15) is 0 Å². The largest absolute Gasteiger partial charge is 0.450 e. The first-order valence-corrected chi connectivity index (χ1v) is 5.38. The first-order chi connectivity index (χ1) is 6.74. The number of rotatable bonds is 6. The quantitative estimate of drug-likeness (QED) is 0.632. The molecule has 1 saturated carbocycles. The van der Waals surface area contributed by atoms with Crippen molar-refractivity contribution in [3.05, 3.63) is 0 Å². The highest BCUT2D eigenvalue weighted by molar-refractivity contribution is 5.66. The Labute approximate surface area is 85.4 Å². The first kappa shape index (κ1) is 11.3. The molecule has 0 aliphatic heterocycles. The Kier molecular flexibility index (Phi) is 4.73. The maximum Gasteiger partial charge on any atom is 0.407 e. The Hall–Kier alpha value is -0.770. The zero-order valence-electron chi connectivity index (χ0n) is 9.01. The molecule has 82 valence electrons. The lowest BCUT2D eigenvalue weighted by molar-refractivity contribution is 0.152. The summed E-state index contributed by atoms with van der Waals surface area (Å²) in [6, 6.07) is 0.582. The van der Waals surface area contributed by atoms with E-state index < -0.39 is 0 Å². The van der Waals surface area contributed by atoms with Crippen LogP contribution in [0.15, 0.2) is 0 Å². The molecular formula is C10H20N2O2. The van der Waals surface area contributed by atoms with Crippen LogP contribution in [0.1, 0.15) is 26.7 Å². The van der Waals surface area contributed by atoms with Gasteiger partial charge in [0.25, 0.3) is 0 Å². The Morgan fingerprint density at radius 1 is 1.50 bits per heavy atom. The van der Waals surface area contributed by atoms with Gasteiger partial charge < -0.3 is 15.4 Å². The lowest BCUT2D eigenvalue weighted by Gasteiger charge is -2.12. The Balaban J connectivity index is 1.90. The molecule has 0 radical (unpaired) electrons. The highest BCUT2D eigenvalue weighted by Crippen LogP contribution is 2.32. The predicted octanol–water partition coefficient (Wildman–Crippen LogP) is 1.12. The van der Waals surface area contributed by atoms with Crippen molar-refractivity contribution >= 4 is 6.09 Å². The molecule has 14 heavy (non-hydrogen) atoms. The summed E-state index contributed by atoms with van der Waals surface area (Å²) in [5, 5.41) is 6.05. The molecule has 0 aromatic rings. The summed E-state index contributed by atoms with van der Waals surface area (Å²) in [4.78, 5) is 10.9. The van der Waals surface area contributed by atoms with Crippen LogP contribution in [0.25, 0.3) is 0 Å². The number of alkyl carbamates (subject to hydrolysis) is 1. The van der Waals surface area contributed by atoms with E-state index in [1.807, 2.05) is 0 Å². The van der Waals surface area contributed by atoms with Crippen molar-refractivity contribution in [1.82, 2.24) is 10.6 Å². The fourth-order valence-electron chi connectivity index (χ4n) is 1.41. The van der Waals surface area contributed by atoms with Crippen molar-refractivity contribution in [3.63, 3.8) is 0 Å². The van der Waals surface area contributed by atoms with Gasteiger partial charge in [0.05, 0.1) is 6.61 Å². The first-order valence-electron chi connectivity index (χ1n) is 5.38. The number of hydrogen-bond acceptors (Lipinski definition) is 3. The van der Waals surface area contributed by atoms with Crippen LogP contribution >= 0.6 is 0 Å². The van der Waals surface area contributed by atoms with Gasteiger partial charge in [-0.25, -0.2) is 4.79 Å². The van der Waals surface area contributed by atoms with E-state index in [2.05, 4.69) is 17.6 Å². The van der Waals surface area contributed by atoms with Gasteiger partial charge in [-0.1, -0.05) is 0 Å². The molecule has 2 N–H and O–H groups in total. The van der Waals surface area contributed by atoms with Crippen LogP contribution in [0, 0.1) is 5.92 Å². The molecule has 1 rings (SSSR count). The number of nitrogens with one attached hydrogen (secondary N) is 2. The molecule has 0 saturated heterocycles. The molecule has 4 nitrogen and oxygen atoms in total. The topological polar surface area (TPSA) is 50.4 Å². The Bertz CT molecular complexity index is 181. The third-order valence-electron chi connectivity index (χ3n) is 2.47. The van der Waals surface area contributed by atoms with Gasteiger partial charge in [0, 0.05) is 19.1 Å². The smallest absolute Gasteiger partial charge is 0.407 e. The van der Waals surface area contributed by atoms with Crippen molar-refractivity contribution in [2.75, 3.05) is 19.7 Å². The molecule has 0 aromatic carbocycles. The SMILES string of the molecule is CCOC(=O)NCCNC(C)C1CC1. The van der Waals surface area contributed by atoms with Gasteiger partial charge in [-0.2, -0.15) is 0 Å². The van der Waals surface area contributed by atoms with Gasteiger partial charge in [0.15, 0.2) is 0 Å². The summed E-state index contributed by atoms with van der Waals surface area (Å²) >= 11 is 0. The number of amides is 1. The second-order valence-corrected chi connectivity index (χ2v) is 3.73. The molecule has 0 heterocycles. The van der Waals surface area contributed by atoms with Crippen LogP contribution in [0.2, 0.25) is 0 Å². The van der Waals surface area contributed by atoms with E-state index >= 15 is 0 Å². The normalized spacial score (nSPS) is 17.6. The fraction of sp³-hybridized carbons (Fsp3) is 0.900. The maximum absolute atomic E-state index is 10.9. The van der Waals surface area contributed by atoms with Crippen molar-refractivity contribution < 1.29 is 9.53 Å². The summed E-state index contributed by atoms with van der Waals surface area (Å²) in [6.45, 7) is 5.87. The molecule has 0 bridgehead atoms. The summed E-state index contributed by atoms with van der Waals surface area (Å²) in [5.74, 6) is 0.859. The number of ether oxygens (including phenoxy) is 1. The van der Waals surface area contributed by atoms with Gasteiger partial charge in [-0.15, -0.1) is 0 Å². The minimum atomic E-state index is -0.326. The van der Waals surface area contributed by atoms with Crippen LogP contribution in [0.3, 0.4) is 0 Å². The van der Waals surface area contributed by atoms with E-state index in [0.717, 1.165) is 12.5 Å². The average molecular weight is 200 g/mol. The van der Waals surface area contributed by atoms with Gasteiger partial charge in [-0.3, -0.25) is 0 Å². The standard InChI is InChI=1S/C10H20N2O2/c1-3-14-10(13)12-7-6-11-8(2)9-4-5-9/h8-9,11H,3-7H2,1-2H3,(H,12,13). The van der Waals surface area contributed by atoms with Crippen LogP contribution in [-0.2, 0) is 4.74 Å². The third kappa shape index (κ3) is 4.46. The number of hydrogen-bond donors (Lipinski definition) is 2. The van der Waals surface area contributed by atoms with Crippen LogP contribution in [-0.4, -0.2) is 31.8 Å². The van der Waals surface area contributed by atoms with E-state index in [0.29, 0.717) is 19.2 Å². The third-order valence-corrected chi connectivity index (χ3v) is 2.47. The van der Waals surface area contributed by atoms with E-state index in [4.69, 9.17) is 4.74 Å². The maximum atomic E-state index is 10.9. The minimum Gasteiger partial charge on any atom is -0.450 e. The van der Waals surface area contributed by atoms with Crippen molar-refractivity contribution in [2.24, 2.45) is 5.92 Å². The van der Waals surface area contributed by atoms with Crippen LogP contribution < -0.4 is 10.6 Å². The monoisotopic (exact) mass is 200 g/mol. The summed E-state index contributed by atoms with van der Waals surface area (Å²) in [6.07, 6.45) is 2.37. The van der Waals surface area contributed by atoms with E-state index in [1.165, 1.54) is 12.8 Å². The molecule has 0 spiro atoms. The molecule has 1 amide bonds. The van der Waals surface area contributed by atoms with Crippen molar-refractivity contribution in [2.45, 2.75) is 32.7 Å². The van der Waals surface area contributed by atoms with E-state index in [-0.39, 0.29) is 6.09 Å². The summed E-state index contributed by atoms with van der Waals surface area (Å²) in [7, 11) is 0. The zero-order chi connectivity index (χ0) is 10.4. The minimum absolute atomic E-state index is 0.326. The van der Waals surface area contributed by atoms with Crippen molar-refractivity contribution in [3.8, 4) is 0 Å². The summed E-state index contributed by atoms with van der Waals surface area (Å²) in [5.41, 5.74) is 0. The van der Waals surface area contributed by atoms with Gasteiger partial charge in [-0.05, 0) is 32.6 Å². The molecule has 0 aromatic heterocycles. The van der Waals surface area contributed by atoms with Crippen molar-refractivity contribution in [1.29, 1.82) is 0 Å². The summed E-state index contributed by atoms with van der Waals surface area (Å²) < 4.78 is 4.73. The van der Waals surface area contributed by atoms with Crippen LogP contribution in [0.5, 0.6) is 0 Å². The number of carbonyl (C=O) groups is 1. The van der Waals surface area contributed by atoms with E-state index in [1.54, 1.807) is 6.92 Å². The van der Waals surface area contributed by atoms with Gasteiger partial charge >= 0.3 is 6.09 Å². The lowest BCUT2D eigenvalue weighted by atomic mass is 10.2. The van der Waals surface area contributed by atoms with E-state index in [9.17, 15) is 4.79 Å². The second-order valence-electron chi connectivity index (χ2n) is 3.73. The molecule has 1 fully saturated rings. The molecule has 1 atom stereocenters. The Morgan fingerprint density at radius 2 is 2.21 bits per heavy atom. The Morgan fingerprint density at radius 3 is 2.79 bits per heavy atom. The molecular weight excluding hydrogens is 180 g/mol. The van der Waals surface area contributed by atoms with Gasteiger partial charge in [0.2, 0.25) is 0 Å². The highest BCUT2D eigenvalue weighted by Gasteiger charge is 2.27. The average Bonchev–Trinajstić information content (AvgIpc) is 2.95.